The Hall–Kier alpha value is -1.91. The number of hydrogen-bond donors (Lipinski definition) is 1. The first-order chi connectivity index (χ1) is 10.6. The van der Waals surface area contributed by atoms with Gasteiger partial charge in [0.15, 0.2) is 11.5 Å². The van der Waals surface area contributed by atoms with Crippen LogP contribution >= 0.6 is 23.2 Å². The van der Waals surface area contributed by atoms with Crippen LogP contribution in [0.4, 0.5) is 0 Å². The number of oxime groups is 1. The molecule has 0 aromatic heterocycles. The summed E-state index contributed by atoms with van der Waals surface area (Å²) in [5, 5.41) is 12.6. The van der Waals surface area contributed by atoms with Gasteiger partial charge in [-0.25, -0.2) is 0 Å². The summed E-state index contributed by atoms with van der Waals surface area (Å²) in [6.07, 6.45) is 1.32. The van der Waals surface area contributed by atoms with Crippen molar-refractivity contribution >= 4 is 29.4 Å². The van der Waals surface area contributed by atoms with Gasteiger partial charge < -0.3 is 14.7 Å². The maximum absolute atomic E-state index is 8.58. The number of halogens is 2. The van der Waals surface area contributed by atoms with E-state index < -0.39 is 0 Å². The van der Waals surface area contributed by atoms with Gasteiger partial charge in [-0.15, -0.1) is 0 Å². The molecular weight excluding hydrogens is 325 g/mol. The first-order valence-corrected chi connectivity index (χ1v) is 7.40. The largest absolute Gasteiger partial charge is 0.490 e. The topological polar surface area (TPSA) is 51.0 Å². The molecular formula is C16H15Cl2NO3. The van der Waals surface area contributed by atoms with Crippen molar-refractivity contribution in [2.24, 2.45) is 5.16 Å². The van der Waals surface area contributed by atoms with E-state index in [4.69, 9.17) is 37.9 Å². The first kappa shape index (κ1) is 16.5. The Balaban J connectivity index is 2.15. The standard InChI is InChI=1S/C16H15Cl2NO3/c1-2-21-16-8-11(9-19-20)4-6-15(16)22-10-12-3-5-13(17)14(18)7-12/h3-9,20H,2,10H2,1H3/b19-9-. The predicted molar refractivity (Wildman–Crippen MR) is 87.8 cm³/mol. The molecule has 0 bridgehead atoms. The fourth-order valence-electron chi connectivity index (χ4n) is 1.85. The zero-order valence-corrected chi connectivity index (χ0v) is 13.4. The molecule has 4 nitrogen and oxygen atoms in total. The minimum absolute atomic E-state index is 0.338. The van der Waals surface area contributed by atoms with Gasteiger partial charge in [0, 0.05) is 5.56 Å². The van der Waals surface area contributed by atoms with E-state index in [1.54, 1.807) is 30.3 Å². The Morgan fingerprint density at radius 2 is 1.86 bits per heavy atom. The second-order valence-electron chi connectivity index (χ2n) is 4.42. The molecule has 0 aliphatic heterocycles. The quantitative estimate of drug-likeness (QED) is 0.468. The highest BCUT2D eigenvalue weighted by atomic mass is 35.5. The second-order valence-corrected chi connectivity index (χ2v) is 5.24. The van der Waals surface area contributed by atoms with E-state index in [2.05, 4.69) is 5.16 Å². The summed E-state index contributed by atoms with van der Waals surface area (Å²) >= 11 is 11.9. The maximum Gasteiger partial charge on any atom is 0.161 e. The summed E-state index contributed by atoms with van der Waals surface area (Å²) in [4.78, 5) is 0. The van der Waals surface area contributed by atoms with E-state index in [0.717, 1.165) is 5.56 Å². The highest BCUT2D eigenvalue weighted by Crippen LogP contribution is 2.29. The molecule has 0 spiro atoms. The Morgan fingerprint density at radius 3 is 2.55 bits per heavy atom. The van der Waals surface area contributed by atoms with Gasteiger partial charge in [0.1, 0.15) is 6.61 Å². The summed E-state index contributed by atoms with van der Waals surface area (Å²) in [5.74, 6) is 1.18. The summed E-state index contributed by atoms with van der Waals surface area (Å²) in [5.41, 5.74) is 1.62. The number of hydrogen-bond acceptors (Lipinski definition) is 4. The molecule has 1 N–H and O–H groups in total. The summed E-state index contributed by atoms with van der Waals surface area (Å²) in [6, 6.07) is 10.6. The van der Waals surface area contributed by atoms with Crippen molar-refractivity contribution in [2.75, 3.05) is 6.61 Å². The average Bonchev–Trinajstić information content (AvgIpc) is 2.50. The van der Waals surface area contributed by atoms with Crippen molar-refractivity contribution in [1.29, 1.82) is 0 Å². The van der Waals surface area contributed by atoms with E-state index in [1.807, 2.05) is 13.0 Å². The zero-order chi connectivity index (χ0) is 15.9. The Morgan fingerprint density at radius 1 is 1.05 bits per heavy atom. The minimum Gasteiger partial charge on any atom is -0.490 e. The molecule has 0 saturated heterocycles. The normalized spacial score (nSPS) is 10.9. The van der Waals surface area contributed by atoms with Gasteiger partial charge in [0.25, 0.3) is 0 Å². The lowest BCUT2D eigenvalue weighted by Gasteiger charge is -2.13. The molecule has 0 heterocycles. The Labute approximate surface area is 138 Å². The third-order valence-corrected chi connectivity index (χ3v) is 3.59. The van der Waals surface area contributed by atoms with Crippen molar-refractivity contribution in [3.8, 4) is 11.5 Å². The van der Waals surface area contributed by atoms with E-state index in [-0.39, 0.29) is 0 Å². The molecule has 2 aromatic carbocycles. The van der Waals surface area contributed by atoms with Gasteiger partial charge in [0.2, 0.25) is 0 Å². The molecule has 0 amide bonds. The van der Waals surface area contributed by atoms with Gasteiger partial charge in [0.05, 0.1) is 22.9 Å². The molecule has 0 aliphatic carbocycles. The molecule has 22 heavy (non-hydrogen) atoms. The SMILES string of the molecule is CCOc1cc(/C=N\O)ccc1OCc1ccc(Cl)c(Cl)c1. The van der Waals surface area contributed by atoms with Crippen molar-refractivity contribution in [2.45, 2.75) is 13.5 Å². The molecule has 0 atom stereocenters. The fraction of sp³-hybridized carbons (Fsp3) is 0.188. The molecule has 0 fully saturated rings. The van der Waals surface area contributed by atoms with Crippen molar-refractivity contribution in [1.82, 2.24) is 0 Å². The third-order valence-electron chi connectivity index (χ3n) is 2.85. The third kappa shape index (κ3) is 4.29. The molecule has 6 heteroatoms. The zero-order valence-electron chi connectivity index (χ0n) is 11.9. The van der Waals surface area contributed by atoms with Gasteiger partial charge in [-0.2, -0.15) is 0 Å². The Kier molecular flexibility index (Phi) is 5.92. The van der Waals surface area contributed by atoms with Crippen LogP contribution in [0.25, 0.3) is 0 Å². The lowest BCUT2D eigenvalue weighted by Crippen LogP contribution is -2.00. The lowest BCUT2D eigenvalue weighted by atomic mass is 10.2. The van der Waals surface area contributed by atoms with Gasteiger partial charge in [-0.3, -0.25) is 0 Å². The number of benzene rings is 2. The van der Waals surface area contributed by atoms with Crippen molar-refractivity contribution < 1.29 is 14.7 Å². The van der Waals surface area contributed by atoms with E-state index in [0.29, 0.717) is 40.3 Å². The highest BCUT2D eigenvalue weighted by Gasteiger charge is 2.07. The van der Waals surface area contributed by atoms with Crippen LogP contribution in [0, 0.1) is 0 Å². The molecule has 0 radical (unpaired) electrons. The molecule has 2 aromatic rings. The van der Waals surface area contributed by atoms with Crippen LogP contribution in [0.2, 0.25) is 10.0 Å². The smallest absolute Gasteiger partial charge is 0.161 e. The van der Waals surface area contributed by atoms with Crippen LogP contribution in [0.5, 0.6) is 11.5 Å². The number of ether oxygens (including phenoxy) is 2. The summed E-state index contributed by atoms with van der Waals surface area (Å²) in [7, 11) is 0. The fourth-order valence-corrected chi connectivity index (χ4v) is 2.17. The summed E-state index contributed by atoms with van der Waals surface area (Å²) in [6.45, 7) is 2.73. The van der Waals surface area contributed by atoms with Crippen LogP contribution in [-0.2, 0) is 6.61 Å². The Bertz CT molecular complexity index is 674. The van der Waals surface area contributed by atoms with Crippen LogP contribution in [0.3, 0.4) is 0 Å². The molecule has 0 aliphatic rings. The first-order valence-electron chi connectivity index (χ1n) is 6.65. The molecule has 2 rings (SSSR count). The predicted octanol–water partition coefficient (Wildman–Crippen LogP) is 4.78. The minimum atomic E-state index is 0.338. The molecule has 0 unspecified atom stereocenters. The summed E-state index contributed by atoms with van der Waals surface area (Å²) < 4.78 is 11.3. The van der Waals surface area contributed by atoms with E-state index in [9.17, 15) is 0 Å². The van der Waals surface area contributed by atoms with Crippen molar-refractivity contribution in [3.05, 3.63) is 57.6 Å². The van der Waals surface area contributed by atoms with Crippen LogP contribution < -0.4 is 9.47 Å². The number of nitrogens with zero attached hydrogens (tertiary/aromatic N) is 1. The number of rotatable bonds is 6. The molecule has 116 valence electrons. The maximum atomic E-state index is 8.58. The van der Waals surface area contributed by atoms with Gasteiger partial charge in [-0.05, 0) is 42.8 Å². The average molecular weight is 340 g/mol. The van der Waals surface area contributed by atoms with Crippen LogP contribution in [-0.4, -0.2) is 18.0 Å². The second kappa shape index (κ2) is 7.92. The lowest BCUT2D eigenvalue weighted by molar-refractivity contribution is 0.269. The van der Waals surface area contributed by atoms with Gasteiger partial charge >= 0.3 is 0 Å². The monoisotopic (exact) mass is 339 g/mol. The highest BCUT2D eigenvalue weighted by molar-refractivity contribution is 6.42. The van der Waals surface area contributed by atoms with E-state index in [1.165, 1.54) is 6.21 Å². The van der Waals surface area contributed by atoms with Gasteiger partial charge in [-0.1, -0.05) is 34.4 Å². The molecule has 0 saturated carbocycles. The van der Waals surface area contributed by atoms with E-state index >= 15 is 0 Å². The van der Waals surface area contributed by atoms with Crippen LogP contribution in [0.15, 0.2) is 41.6 Å². The van der Waals surface area contributed by atoms with Crippen LogP contribution in [0.1, 0.15) is 18.1 Å². The van der Waals surface area contributed by atoms with Crippen molar-refractivity contribution in [3.63, 3.8) is 0 Å².